The predicted molar refractivity (Wildman–Crippen MR) is 76.3 cm³/mol. The SMILES string of the molecule is COc1ccc(CCNc2ccc(C)c(F)c2)cc1. The van der Waals surface area contributed by atoms with Gasteiger partial charge in [0.2, 0.25) is 0 Å². The first kappa shape index (κ1) is 13.4. The van der Waals surface area contributed by atoms with Gasteiger partial charge in [0.15, 0.2) is 0 Å². The fraction of sp³-hybridized carbons (Fsp3) is 0.250. The summed E-state index contributed by atoms with van der Waals surface area (Å²) < 4.78 is 18.5. The summed E-state index contributed by atoms with van der Waals surface area (Å²) in [6.45, 7) is 2.53. The zero-order valence-corrected chi connectivity index (χ0v) is 11.2. The molecule has 0 unspecified atom stereocenters. The van der Waals surface area contributed by atoms with E-state index in [1.54, 1.807) is 20.1 Å². The second-order valence-corrected chi connectivity index (χ2v) is 4.49. The van der Waals surface area contributed by atoms with Gasteiger partial charge in [0, 0.05) is 12.2 Å². The summed E-state index contributed by atoms with van der Waals surface area (Å²) in [5.74, 6) is 0.687. The van der Waals surface area contributed by atoms with E-state index in [0.29, 0.717) is 5.56 Å². The number of benzene rings is 2. The van der Waals surface area contributed by atoms with Crippen molar-refractivity contribution in [3.8, 4) is 5.75 Å². The normalized spacial score (nSPS) is 10.3. The standard InChI is InChI=1S/C16H18FNO/c1-12-3-6-14(11-16(12)17)18-10-9-13-4-7-15(19-2)8-5-13/h3-8,11,18H,9-10H2,1-2H3. The van der Waals surface area contributed by atoms with Crippen molar-refractivity contribution in [2.45, 2.75) is 13.3 Å². The Morgan fingerprint density at radius 2 is 1.84 bits per heavy atom. The quantitative estimate of drug-likeness (QED) is 0.882. The van der Waals surface area contributed by atoms with Gasteiger partial charge in [0.25, 0.3) is 0 Å². The van der Waals surface area contributed by atoms with Crippen LogP contribution in [0.4, 0.5) is 10.1 Å². The van der Waals surface area contributed by atoms with Crippen molar-refractivity contribution in [1.82, 2.24) is 0 Å². The Labute approximate surface area is 113 Å². The minimum Gasteiger partial charge on any atom is -0.497 e. The van der Waals surface area contributed by atoms with E-state index < -0.39 is 0 Å². The van der Waals surface area contributed by atoms with Gasteiger partial charge in [-0.05, 0) is 48.7 Å². The van der Waals surface area contributed by atoms with Crippen molar-refractivity contribution in [3.05, 3.63) is 59.4 Å². The molecule has 0 bridgehead atoms. The van der Waals surface area contributed by atoms with Crippen molar-refractivity contribution in [2.24, 2.45) is 0 Å². The van der Waals surface area contributed by atoms with E-state index in [-0.39, 0.29) is 5.82 Å². The third-order valence-electron chi connectivity index (χ3n) is 3.07. The zero-order valence-electron chi connectivity index (χ0n) is 11.2. The molecule has 0 saturated heterocycles. The smallest absolute Gasteiger partial charge is 0.128 e. The highest BCUT2D eigenvalue weighted by Gasteiger charge is 1.99. The van der Waals surface area contributed by atoms with Crippen LogP contribution in [0.5, 0.6) is 5.75 Å². The Balaban J connectivity index is 1.86. The fourth-order valence-electron chi connectivity index (χ4n) is 1.85. The first-order valence-electron chi connectivity index (χ1n) is 6.32. The number of halogens is 1. The molecule has 2 aromatic carbocycles. The van der Waals surface area contributed by atoms with Crippen molar-refractivity contribution < 1.29 is 9.13 Å². The zero-order chi connectivity index (χ0) is 13.7. The molecular formula is C16H18FNO. The lowest BCUT2D eigenvalue weighted by Gasteiger charge is -2.08. The topological polar surface area (TPSA) is 21.3 Å². The van der Waals surface area contributed by atoms with Crippen molar-refractivity contribution >= 4 is 5.69 Å². The van der Waals surface area contributed by atoms with E-state index in [2.05, 4.69) is 5.32 Å². The summed E-state index contributed by atoms with van der Waals surface area (Å²) in [4.78, 5) is 0. The molecule has 1 N–H and O–H groups in total. The van der Waals surface area contributed by atoms with Crippen LogP contribution in [0, 0.1) is 12.7 Å². The number of nitrogens with one attached hydrogen (secondary N) is 1. The van der Waals surface area contributed by atoms with Gasteiger partial charge in [-0.15, -0.1) is 0 Å². The second kappa shape index (κ2) is 6.23. The third-order valence-corrected chi connectivity index (χ3v) is 3.07. The van der Waals surface area contributed by atoms with Crippen LogP contribution in [0.15, 0.2) is 42.5 Å². The summed E-state index contributed by atoms with van der Waals surface area (Å²) >= 11 is 0. The van der Waals surface area contributed by atoms with Gasteiger partial charge < -0.3 is 10.1 Å². The first-order valence-corrected chi connectivity index (χ1v) is 6.32. The van der Waals surface area contributed by atoms with Crippen LogP contribution in [0.3, 0.4) is 0 Å². The molecule has 0 saturated carbocycles. The van der Waals surface area contributed by atoms with Crippen LogP contribution < -0.4 is 10.1 Å². The number of rotatable bonds is 5. The van der Waals surface area contributed by atoms with Gasteiger partial charge in [-0.2, -0.15) is 0 Å². The summed E-state index contributed by atoms with van der Waals surface area (Å²) in [6, 6.07) is 13.2. The molecule has 0 heterocycles. The van der Waals surface area contributed by atoms with E-state index in [1.165, 1.54) is 11.6 Å². The molecule has 2 rings (SSSR count). The Kier molecular flexibility index (Phi) is 4.39. The molecule has 2 nitrogen and oxygen atoms in total. The maximum Gasteiger partial charge on any atom is 0.128 e. The highest BCUT2D eigenvalue weighted by molar-refractivity contribution is 5.45. The third kappa shape index (κ3) is 3.71. The molecule has 0 radical (unpaired) electrons. The number of ether oxygens (including phenoxy) is 1. The summed E-state index contributed by atoms with van der Waals surface area (Å²) in [5.41, 5.74) is 2.71. The molecule has 100 valence electrons. The Morgan fingerprint density at radius 1 is 1.11 bits per heavy atom. The summed E-state index contributed by atoms with van der Waals surface area (Å²) in [5, 5.41) is 3.22. The number of anilines is 1. The van der Waals surface area contributed by atoms with E-state index >= 15 is 0 Å². The Morgan fingerprint density at radius 3 is 2.47 bits per heavy atom. The first-order chi connectivity index (χ1) is 9.19. The lowest BCUT2D eigenvalue weighted by molar-refractivity contribution is 0.414. The highest BCUT2D eigenvalue weighted by atomic mass is 19.1. The maximum atomic E-state index is 13.4. The molecule has 0 aliphatic heterocycles. The van der Waals surface area contributed by atoms with Crippen LogP contribution in [0.25, 0.3) is 0 Å². The molecule has 0 atom stereocenters. The minimum atomic E-state index is -0.172. The molecule has 0 spiro atoms. The fourth-order valence-corrected chi connectivity index (χ4v) is 1.85. The van der Waals surface area contributed by atoms with Gasteiger partial charge in [-0.1, -0.05) is 18.2 Å². The van der Waals surface area contributed by atoms with Crippen LogP contribution in [0.2, 0.25) is 0 Å². The number of aryl methyl sites for hydroxylation is 1. The predicted octanol–water partition coefficient (Wildman–Crippen LogP) is 3.80. The lowest BCUT2D eigenvalue weighted by Crippen LogP contribution is -2.05. The molecule has 0 aromatic heterocycles. The van der Waals surface area contributed by atoms with E-state index in [1.807, 2.05) is 30.3 Å². The number of hydrogen-bond acceptors (Lipinski definition) is 2. The molecular weight excluding hydrogens is 241 g/mol. The lowest BCUT2D eigenvalue weighted by atomic mass is 10.1. The average molecular weight is 259 g/mol. The minimum absolute atomic E-state index is 0.172. The van der Waals surface area contributed by atoms with Gasteiger partial charge in [-0.3, -0.25) is 0 Å². The van der Waals surface area contributed by atoms with E-state index in [9.17, 15) is 4.39 Å². The molecule has 2 aromatic rings. The van der Waals surface area contributed by atoms with E-state index in [0.717, 1.165) is 24.4 Å². The second-order valence-electron chi connectivity index (χ2n) is 4.49. The molecule has 0 amide bonds. The molecule has 0 fully saturated rings. The van der Waals surface area contributed by atoms with Gasteiger partial charge in [-0.25, -0.2) is 4.39 Å². The van der Waals surface area contributed by atoms with Gasteiger partial charge >= 0.3 is 0 Å². The van der Waals surface area contributed by atoms with Crippen molar-refractivity contribution in [3.63, 3.8) is 0 Å². The molecule has 3 heteroatoms. The summed E-state index contributed by atoms with van der Waals surface area (Å²) in [6.07, 6.45) is 0.888. The van der Waals surface area contributed by atoms with Gasteiger partial charge in [0.05, 0.1) is 7.11 Å². The molecule has 0 aliphatic carbocycles. The number of hydrogen-bond donors (Lipinski definition) is 1. The van der Waals surface area contributed by atoms with E-state index in [4.69, 9.17) is 4.74 Å². The Hall–Kier alpha value is -2.03. The highest BCUT2D eigenvalue weighted by Crippen LogP contribution is 2.14. The van der Waals surface area contributed by atoms with Crippen LogP contribution in [-0.2, 0) is 6.42 Å². The summed E-state index contributed by atoms with van der Waals surface area (Å²) in [7, 11) is 1.66. The Bertz CT molecular complexity index is 537. The molecule has 19 heavy (non-hydrogen) atoms. The van der Waals surface area contributed by atoms with Crippen molar-refractivity contribution in [2.75, 3.05) is 19.0 Å². The number of methoxy groups -OCH3 is 1. The van der Waals surface area contributed by atoms with Crippen molar-refractivity contribution in [1.29, 1.82) is 0 Å². The maximum absolute atomic E-state index is 13.4. The monoisotopic (exact) mass is 259 g/mol. The van der Waals surface area contributed by atoms with Gasteiger partial charge in [0.1, 0.15) is 11.6 Å². The largest absolute Gasteiger partial charge is 0.497 e. The van der Waals surface area contributed by atoms with Crippen LogP contribution in [0.1, 0.15) is 11.1 Å². The molecule has 0 aliphatic rings. The van der Waals surface area contributed by atoms with Crippen LogP contribution >= 0.6 is 0 Å². The van der Waals surface area contributed by atoms with Crippen LogP contribution in [-0.4, -0.2) is 13.7 Å². The average Bonchev–Trinajstić information content (AvgIpc) is 2.43.